The summed E-state index contributed by atoms with van der Waals surface area (Å²) in [7, 11) is 2.19. The van der Waals surface area contributed by atoms with Gasteiger partial charge in [0.1, 0.15) is 0 Å². The van der Waals surface area contributed by atoms with E-state index < -0.39 is 60.8 Å². The second kappa shape index (κ2) is 8.34. The number of methoxy groups -OCH3 is 2. The molecule has 0 radical (unpaired) electrons. The summed E-state index contributed by atoms with van der Waals surface area (Å²) in [6, 6.07) is 0. The highest BCUT2D eigenvalue weighted by molar-refractivity contribution is 5.12. The quantitative estimate of drug-likeness (QED) is 0.443. The Balaban J connectivity index is 3.51. The molecule has 1 fully saturated rings. The standard InChI is InChI=1S/C15H24F8N2O2/c1-5-10(26-3)7-24-9-12(13(16,17)18,14(19,20)21)25(15(24,22)23)8-11(6-2)27-4/h10-11H,5-9H2,1-4H3. The molecule has 1 rings (SSSR count). The van der Waals surface area contributed by atoms with Crippen molar-refractivity contribution < 1.29 is 44.6 Å². The summed E-state index contributed by atoms with van der Waals surface area (Å²) in [6.45, 7) is -1.03. The predicted octanol–water partition coefficient (Wildman–Crippen LogP) is 3.87. The van der Waals surface area contributed by atoms with Gasteiger partial charge >= 0.3 is 18.5 Å². The zero-order valence-corrected chi connectivity index (χ0v) is 15.4. The molecule has 1 saturated heterocycles. The molecule has 12 heteroatoms. The van der Waals surface area contributed by atoms with E-state index in [2.05, 4.69) is 0 Å². The minimum atomic E-state index is -5.98. The number of ether oxygens (including phenoxy) is 2. The van der Waals surface area contributed by atoms with Crippen molar-refractivity contribution in [3.63, 3.8) is 0 Å². The topological polar surface area (TPSA) is 24.9 Å². The van der Waals surface area contributed by atoms with E-state index in [-0.39, 0.29) is 17.7 Å². The van der Waals surface area contributed by atoms with Gasteiger partial charge < -0.3 is 9.47 Å². The van der Waals surface area contributed by atoms with Crippen molar-refractivity contribution >= 4 is 0 Å². The number of hydrogen-bond donors (Lipinski definition) is 0. The molecule has 0 aromatic heterocycles. The minimum Gasteiger partial charge on any atom is -0.380 e. The first-order valence-corrected chi connectivity index (χ1v) is 8.32. The third-order valence-electron chi connectivity index (χ3n) is 4.91. The predicted molar refractivity (Wildman–Crippen MR) is 80.2 cm³/mol. The highest BCUT2D eigenvalue weighted by Crippen LogP contribution is 2.55. The highest BCUT2D eigenvalue weighted by Gasteiger charge is 2.82. The molecule has 0 bridgehead atoms. The molecular formula is C15H24F8N2O2. The largest absolute Gasteiger partial charge is 0.417 e. The van der Waals surface area contributed by atoms with E-state index in [9.17, 15) is 35.1 Å². The second-order valence-corrected chi connectivity index (χ2v) is 6.39. The van der Waals surface area contributed by atoms with Gasteiger partial charge in [-0.05, 0) is 12.8 Å². The minimum absolute atomic E-state index is 0.0372. The van der Waals surface area contributed by atoms with Crippen LogP contribution in [-0.4, -0.2) is 79.9 Å². The Morgan fingerprint density at radius 2 is 1.26 bits per heavy atom. The van der Waals surface area contributed by atoms with Crippen LogP contribution in [0.5, 0.6) is 0 Å². The van der Waals surface area contributed by atoms with Gasteiger partial charge in [0.15, 0.2) is 0 Å². The van der Waals surface area contributed by atoms with Crippen molar-refractivity contribution in [3.05, 3.63) is 0 Å². The van der Waals surface area contributed by atoms with Crippen LogP contribution in [0.2, 0.25) is 0 Å². The molecule has 1 heterocycles. The normalized spacial score (nSPS) is 23.6. The maximum absolute atomic E-state index is 14.8. The van der Waals surface area contributed by atoms with E-state index >= 15 is 0 Å². The number of halogens is 8. The van der Waals surface area contributed by atoms with E-state index in [4.69, 9.17) is 9.47 Å². The summed E-state index contributed by atoms with van der Waals surface area (Å²) in [5, 5.41) is 0. The Morgan fingerprint density at radius 3 is 1.59 bits per heavy atom. The van der Waals surface area contributed by atoms with Crippen molar-refractivity contribution in [1.29, 1.82) is 0 Å². The first kappa shape index (κ1) is 24.3. The van der Waals surface area contributed by atoms with Gasteiger partial charge in [-0.1, -0.05) is 13.8 Å². The SMILES string of the molecule is CCC(CN1CC(C(F)(F)F)(C(F)(F)F)N(CC(CC)OC)C1(F)F)OC. The molecule has 0 N–H and O–H groups in total. The van der Waals surface area contributed by atoms with Gasteiger partial charge in [0, 0.05) is 33.9 Å². The average Bonchev–Trinajstić information content (AvgIpc) is 2.77. The van der Waals surface area contributed by atoms with Crippen LogP contribution < -0.4 is 0 Å². The fraction of sp³-hybridized carbons (Fsp3) is 1.00. The van der Waals surface area contributed by atoms with Gasteiger partial charge in [0.25, 0.3) is 0 Å². The van der Waals surface area contributed by atoms with E-state index in [1.54, 1.807) is 0 Å². The zero-order valence-electron chi connectivity index (χ0n) is 15.4. The monoisotopic (exact) mass is 416 g/mol. The van der Waals surface area contributed by atoms with Crippen molar-refractivity contribution in [2.75, 3.05) is 33.9 Å². The summed E-state index contributed by atoms with van der Waals surface area (Å²) >= 11 is 0. The molecular weight excluding hydrogens is 392 g/mol. The molecule has 1 aliphatic heterocycles. The van der Waals surface area contributed by atoms with Crippen LogP contribution in [0.3, 0.4) is 0 Å². The van der Waals surface area contributed by atoms with E-state index in [1.807, 2.05) is 0 Å². The Bertz CT molecular complexity index is 461. The molecule has 0 aliphatic carbocycles. The summed E-state index contributed by atoms with van der Waals surface area (Å²) in [5.41, 5.74) is -4.72. The lowest BCUT2D eigenvalue weighted by molar-refractivity contribution is -0.357. The molecule has 0 saturated carbocycles. The van der Waals surface area contributed by atoms with Gasteiger partial charge in [-0.3, -0.25) is 0 Å². The van der Waals surface area contributed by atoms with Gasteiger partial charge in [-0.15, -0.1) is 0 Å². The average molecular weight is 416 g/mol. The first-order chi connectivity index (χ1) is 12.2. The molecule has 4 nitrogen and oxygen atoms in total. The van der Waals surface area contributed by atoms with Gasteiger partial charge in [0.05, 0.1) is 12.2 Å². The van der Waals surface area contributed by atoms with Gasteiger partial charge in [-0.2, -0.15) is 35.1 Å². The third kappa shape index (κ3) is 4.33. The summed E-state index contributed by atoms with van der Waals surface area (Å²) in [5.74, 6) is 0. The van der Waals surface area contributed by atoms with Crippen molar-refractivity contribution in [2.45, 2.75) is 63.0 Å². The van der Waals surface area contributed by atoms with Crippen LogP contribution in [-0.2, 0) is 9.47 Å². The highest BCUT2D eigenvalue weighted by atomic mass is 19.4. The molecule has 1 aliphatic rings. The fourth-order valence-electron chi connectivity index (χ4n) is 3.13. The van der Waals surface area contributed by atoms with Crippen molar-refractivity contribution in [3.8, 4) is 0 Å². The van der Waals surface area contributed by atoms with Gasteiger partial charge in [0.2, 0.25) is 5.54 Å². The van der Waals surface area contributed by atoms with Crippen LogP contribution in [0.1, 0.15) is 26.7 Å². The smallest absolute Gasteiger partial charge is 0.380 e. The Kier molecular flexibility index (Phi) is 7.51. The Hall–Kier alpha value is -0.720. The third-order valence-corrected chi connectivity index (χ3v) is 4.91. The first-order valence-electron chi connectivity index (χ1n) is 8.32. The number of rotatable bonds is 8. The van der Waals surface area contributed by atoms with Crippen LogP contribution in [0, 0.1) is 0 Å². The number of hydrogen-bond acceptors (Lipinski definition) is 4. The Labute approximate surface area is 152 Å². The zero-order chi connectivity index (χ0) is 21.3. The van der Waals surface area contributed by atoms with Crippen LogP contribution in [0.15, 0.2) is 0 Å². The summed E-state index contributed by atoms with van der Waals surface area (Å²) in [4.78, 5) is -0.936. The van der Waals surface area contributed by atoms with Gasteiger partial charge in [-0.25, -0.2) is 9.80 Å². The van der Waals surface area contributed by atoms with Crippen LogP contribution >= 0.6 is 0 Å². The van der Waals surface area contributed by atoms with E-state index in [0.717, 1.165) is 14.2 Å². The lowest BCUT2D eigenvalue weighted by Crippen LogP contribution is -2.69. The van der Waals surface area contributed by atoms with Crippen molar-refractivity contribution in [1.82, 2.24) is 9.80 Å². The number of alkyl halides is 8. The van der Waals surface area contributed by atoms with Crippen LogP contribution in [0.4, 0.5) is 35.1 Å². The molecule has 27 heavy (non-hydrogen) atoms. The van der Waals surface area contributed by atoms with E-state index in [0.29, 0.717) is 0 Å². The molecule has 0 amide bonds. The van der Waals surface area contributed by atoms with Crippen LogP contribution in [0.25, 0.3) is 0 Å². The second-order valence-electron chi connectivity index (χ2n) is 6.39. The number of nitrogens with zero attached hydrogens (tertiary/aromatic N) is 2. The Morgan fingerprint density at radius 1 is 0.852 bits per heavy atom. The lowest BCUT2D eigenvalue weighted by atomic mass is 9.96. The molecule has 2 unspecified atom stereocenters. The summed E-state index contributed by atoms with van der Waals surface area (Å²) < 4.78 is 121. The molecule has 162 valence electrons. The molecule has 0 aromatic rings. The van der Waals surface area contributed by atoms with E-state index in [1.165, 1.54) is 13.8 Å². The summed E-state index contributed by atoms with van der Waals surface area (Å²) in [6.07, 6.45) is -18.5. The maximum Gasteiger partial charge on any atom is 0.417 e. The van der Waals surface area contributed by atoms with Crippen molar-refractivity contribution in [2.24, 2.45) is 0 Å². The molecule has 0 spiro atoms. The molecule has 0 aromatic carbocycles. The maximum atomic E-state index is 14.8. The fourth-order valence-corrected chi connectivity index (χ4v) is 3.13. The lowest BCUT2D eigenvalue weighted by Gasteiger charge is -2.42. The molecule has 2 atom stereocenters.